The van der Waals surface area contributed by atoms with E-state index in [0.717, 1.165) is 12.5 Å². The van der Waals surface area contributed by atoms with Crippen LogP contribution in [0.25, 0.3) is 0 Å². The fourth-order valence-electron chi connectivity index (χ4n) is 3.04. The van der Waals surface area contributed by atoms with Crippen LogP contribution in [0.1, 0.15) is 37.8 Å². The highest BCUT2D eigenvalue weighted by atomic mass is 32.1. The van der Waals surface area contributed by atoms with Crippen molar-refractivity contribution in [3.05, 3.63) is 16.6 Å². The molecule has 0 aliphatic heterocycles. The fourth-order valence-corrected chi connectivity index (χ4v) is 3.60. The number of thiazole rings is 1. The first-order chi connectivity index (χ1) is 6.86. The number of nitrogens with zero attached hydrogens (tertiary/aromatic N) is 1. The molecule has 2 aliphatic carbocycles. The molecular weight excluding hydrogens is 192 g/mol. The molecule has 2 saturated carbocycles. The molecule has 3 heteroatoms. The molecule has 0 amide bonds. The van der Waals surface area contributed by atoms with Crippen molar-refractivity contribution in [3.63, 3.8) is 0 Å². The second kappa shape index (κ2) is 3.31. The summed E-state index contributed by atoms with van der Waals surface area (Å²) in [6.45, 7) is 0.968. The number of fused-ring (bicyclic) bond motifs is 2. The minimum Gasteiger partial charge on any atom is -0.306 e. The molecule has 0 saturated heterocycles. The molecule has 0 spiro atoms. The molecule has 1 N–H and O–H groups in total. The molecule has 2 aliphatic rings. The van der Waals surface area contributed by atoms with Gasteiger partial charge < -0.3 is 5.32 Å². The SMILES string of the molecule is c1nc(CNC23CCC(CC2)C3)cs1. The highest BCUT2D eigenvalue weighted by Gasteiger charge is 2.44. The fraction of sp³-hybridized carbons (Fsp3) is 0.727. The normalized spacial score (nSPS) is 35.3. The van der Waals surface area contributed by atoms with E-state index in [2.05, 4.69) is 15.7 Å². The van der Waals surface area contributed by atoms with E-state index in [-0.39, 0.29) is 0 Å². The van der Waals surface area contributed by atoms with Crippen LogP contribution >= 0.6 is 11.3 Å². The van der Waals surface area contributed by atoms with Crippen molar-refractivity contribution in [2.75, 3.05) is 0 Å². The largest absolute Gasteiger partial charge is 0.306 e. The second-order valence-corrected chi connectivity index (χ2v) is 5.48. The van der Waals surface area contributed by atoms with E-state index in [4.69, 9.17) is 0 Å². The molecule has 0 aromatic carbocycles. The minimum atomic E-state index is 0.494. The summed E-state index contributed by atoms with van der Waals surface area (Å²) in [4.78, 5) is 4.31. The van der Waals surface area contributed by atoms with Gasteiger partial charge in [0.2, 0.25) is 0 Å². The third kappa shape index (κ3) is 1.48. The first kappa shape index (κ1) is 8.86. The summed E-state index contributed by atoms with van der Waals surface area (Å²) >= 11 is 1.69. The van der Waals surface area contributed by atoms with E-state index < -0.39 is 0 Å². The van der Waals surface area contributed by atoms with Crippen LogP contribution in [0.15, 0.2) is 10.9 Å². The van der Waals surface area contributed by atoms with Crippen LogP contribution in [0, 0.1) is 5.92 Å². The van der Waals surface area contributed by atoms with Gasteiger partial charge in [-0.15, -0.1) is 11.3 Å². The van der Waals surface area contributed by atoms with E-state index in [9.17, 15) is 0 Å². The Labute approximate surface area is 88.7 Å². The lowest BCUT2D eigenvalue weighted by Gasteiger charge is -2.27. The predicted octanol–water partition coefficient (Wildman–Crippen LogP) is 2.57. The molecule has 1 aromatic heterocycles. The van der Waals surface area contributed by atoms with Gasteiger partial charge in [-0.1, -0.05) is 0 Å². The van der Waals surface area contributed by atoms with Gasteiger partial charge in [-0.3, -0.25) is 0 Å². The zero-order valence-corrected chi connectivity index (χ0v) is 9.15. The third-order valence-corrected chi connectivity index (χ3v) is 4.50. The molecule has 76 valence electrons. The van der Waals surface area contributed by atoms with Gasteiger partial charge in [0.05, 0.1) is 11.2 Å². The van der Waals surface area contributed by atoms with Crippen LogP contribution in [-0.2, 0) is 6.54 Å². The van der Waals surface area contributed by atoms with Gasteiger partial charge in [0.25, 0.3) is 0 Å². The van der Waals surface area contributed by atoms with Crippen molar-refractivity contribution in [3.8, 4) is 0 Å². The number of nitrogens with one attached hydrogen (secondary N) is 1. The van der Waals surface area contributed by atoms with Crippen LogP contribution in [0.4, 0.5) is 0 Å². The van der Waals surface area contributed by atoms with Gasteiger partial charge in [0, 0.05) is 17.5 Å². The number of aromatic nitrogens is 1. The summed E-state index contributed by atoms with van der Waals surface area (Å²) in [6, 6.07) is 0. The Kier molecular flexibility index (Phi) is 2.10. The highest BCUT2D eigenvalue weighted by molar-refractivity contribution is 7.07. The summed E-state index contributed by atoms with van der Waals surface area (Å²) in [7, 11) is 0. The Morgan fingerprint density at radius 3 is 2.93 bits per heavy atom. The summed E-state index contributed by atoms with van der Waals surface area (Å²) in [5.41, 5.74) is 3.62. The van der Waals surface area contributed by atoms with Gasteiger partial charge in [0.1, 0.15) is 0 Å². The maximum absolute atomic E-state index is 4.31. The van der Waals surface area contributed by atoms with E-state index in [1.54, 1.807) is 11.3 Å². The van der Waals surface area contributed by atoms with Gasteiger partial charge in [-0.2, -0.15) is 0 Å². The van der Waals surface area contributed by atoms with Crippen LogP contribution in [0.2, 0.25) is 0 Å². The van der Waals surface area contributed by atoms with Gasteiger partial charge >= 0.3 is 0 Å². The first-order valence-electron chi connectivity index (χ1n) is 5.48. The minimum absolute atomic E-state index is 0.494. The van der Waals surface area contributed by atoms with Crippen LogP contribution in [-0.4, -0.2) is 10.5 Å². The molecule has 2 nitrogen and oxygen atoms in total. The average molecular weight is 208 g/mol. The third-order valence-electron chi connectivity index (χ3n) is 3.87. The number of hydrogen-bond donors (Lipinski definition) is 1. The monoisotopic (exact) mass is 208 g/mol. The van der Waals surface area contributed by atoms with E-state index >= 15 is 0 Å². The lowest BCUT2D eigenvalue weighted by Crippen LogP contribution is -2.40. The van der Waals surface area contributed by atoms with Gasteiger partial charge in [-0.25, -0.2) is 4.98 Å². The van der Waals surface area contributed by atoms with Crippen LogP contribution < -0.4 is 5.32 Å². The van der Waals surface area contributed by atoms with Crippen LogP contribution in [0.3, 0.4) is 0 Å². The lowest BCUT2D eigenvalue weighted by molar-refractivity contribution is 0.324. The van der Waals surface area contributed by atoms with Crippen molar-refractivity contribution in [1.29, 1.82) is 0 Å². The first-order valence-corrected chi connectivity index (χ1v) is 6.43. The zero-order chi connectivity index (χ0) is 9.43. The number of hydrogen-bond acceptors (Lipinski definition) is 3. The number of rotatable bonds is 3. The lowest BCUT2D eigenvalue weighted by atomic mass is 9.94. The maximum atomic E-state index is 4.31. The van der Waals surface area contributed by atoms with Crippen molar-refractivity contribution in [2.24, 2.45) is 5.92 Å². The Balaban J connectivity index is 1.62. The molecule has 2 bridgehead atoms. The Hall–Kier alpha value is -0.410. The Morgan fingerprint density at radius 2 is 2.36 bits per heavy atom. The maximum Gasteiger partial charge on any atom is 0.0795 e. The highest BCUT2D eigenvalue weighted by Crippen LogP contribution is 2.47. The molecule has 1 aromatic rings. The van der Waals surface area contributed by atoms with Gasteiger partial charge in [0.15, 0.2) is 0 Å². The summed E-state index contributed by atoms with van der Waals surface area (Å²) in [5, 5.41) is 5.88. The van der Waals surface area contributed by atoms with Crippen molar-refractivity contribution in [1.82, 2.24) is 10.3 Å². The smallest absolute Gasteiger partial charge is 0.0795 e. The Bertz CT molecular complexity index is 299. The molecule has 3 rings (SSSR count). The zero-order valence-electron chi connectivity index (χ0n) is 8.33. The Morgan fingerprint density at radius 1 is 1.50 bits per heavy atom. The molecule has 2 fully saturated rings. The molecule has 1 heterocycles. The second-order valence-electron chi connectivity index (χ2n) is 4.76. The summed E-state index contributed by atoms with van der Waals surface area (Å²) in [5.74, 6) is 1.03. The summed E-state index contributed by atoms with van der Waals surface area (Å²) < 4.78 is 0. The standard InChI is InChI=1S/C11H16N2S/c1-3-11(4-2-9(1)5-11)13-6-10-7-14-8-12-10/h7-9,13H,1-6H2. The summed E-state index contributed by atoms with van der Waals surface area (Å²) in [6.07, 6.45) is 7.09. The van der Waals surface area contributed by atoms with Crippen molar-refractivity contribution >= 4 is 11.3 Å². The van der Waals surface area contributed by atoms with E-state index in [1.165, 1.54) is 37.8 Å². The molecular formula is C11H16N2S. The van der Waals surface area contributed by atoms with Gasteiger partial charge in [-0.05, 0) is 38.0 Å². The average Bonchev–Trinajstić information content (AvgIpc) is 2.93. The topological polar surface area (TPSA) is 24.9 Å². The van der Waals surface area contributed by atoms with Crippen LogP contribution in [0.5, 0.6) is 0 Å². The molecule has 0 unspecified atom stereocenters. The molecule has 0 atom stereocenters. The molecule has 14 heavy (non-hydrogen) atoms. The predicted molar refractivity (Wildman–Crippen MR) is 58.3 cm³/mol. The molecule has 0 radical (unpaired) electrons. The quantitative estimate of drug-likeness (QED) is 0.825. The van der Waals surface area contributed by atoms with E-state index in [1.807, 2.05) is 5.51 Å². The van der Waals surface area contributed by atoms with Crippen molar-refractivity contribution < 1.29 is 0 Å². The van der Waals surface area contributed by atoms with Crippen molar-refractivity contribution in [2.45, 2.75) is 44.2 Å². The van der Waals surface area contributed by atoms with E-state index in [0.29, 0.717) is 5.54 Å².